The van der Waals surface area contributed by atoms with E-state index in [0.717, 1.165) is 21.9 Å². The average Bonchev–Trinajstić information content (AvgIpc) is 2.68. The molecule has 0 amide bonds. The molecule has 2 aromatic carbocycles. The summed E-state index contributed by atoms with van der Waals surface area (Å²) in [4.78, 5) is 17.7. The van der Waals surface area contributed by atoms with Gasteiger partial charge in [0.1, 0.15) is 5.82 Å². The highest BCUT2D eigenvalue weighted by Gasteiger charge is 2.30. The van der Waals surface area contributed by atoms with Crippen LogP contribution >= 0.6 is 0 Å². The van der Waals surface area contributed by atoms with Gasteiger partial charge in [-0.05, 0) is 66.7 Å². The normalized spacial score (nSPS) is 17.1. The Bertz CT molecular complexity index is 967. The number of likely N-dealkylation sites (tertiary alicyclic amines) is 1. The van der Waals surface area contributed by atoms with Crippen LogP contribution in [0.15, 0.2) is 60.9 Å². The summed E-state index contributed by atoms with van der Waals surface area (Å²) in [5.41, 5.74) is 1.96. The number of aliphatic carboxylic acids is 1. The molecule has 1 saturated heterocycles. The third kappa shape index (κ3) is 3.69. The van der Waals surface area contributed by atoms with Gasteiger partial charge in [0, 0.05) is 17.8 Å². The Hall–Kier alpha value is -2.79. The summed E-state index contributed by atoms with van der Waals surface area (Å²) in [5.74, 6) is -1.28. The molecule has 0 radical (unpaired) electrons. The van der Waals surface area contributed by atoms with E-state index in [1.807, 2.05) is 24.4 Å². The minimum atomic E-state index is -0.727. The molecule has 1 unspecified atom stereocenters. The molecule has 0 bridgehead atoms. The van der Waals surface area contributed by atoms with Crippen LogP contribution in [0.2, 0.25) is 0 Å². The van der Waals surface area contributed by atoms with E-state index in [1.54, 1.807) is 18.3 Å². The zero-order valence-electron chi connectivity index (χ0n) is 14.9. The zero-order valence-corrected chi connectivity index (χ0v) is 14.9. The maximum absolute atomic E-state index is 13.9. The van der Waals surface area contributed by atoms with E-state index in [1.165, 1.54) is 6.07 Å². The highest BCUT2D eigenvalue weighted by atomic mass is 19.1. The van der Waals surface area contributed by atoms with Crippen LogP contribution in [-0.4, -0.2) is 34.0 Å². The number of carboxylic acids is 1. The molecule has 1 N–H and O–H groups in total. The second-order valence-electron chi connectivity index (χ2n) is 7.09. The maximum Gasteiger partial charge on any atom is 0.306 e. The quantitative estimate of drug-likeness (QED) is 0.752. The monoisotopic (exact) mass is 364 g/mol. The molecule has 5 heteroatoms. The topological polar surface area (TPSA) is 53.4 Å². The molecule has 27 heavy (non-hydrogen) atoms. The van der Waals surface area contributed by atoms with Crippen molar-refractivity contribution in [2.45, 2.75) is 18.9 Å². The van der Waals surface area contributed by atoms with Crippen molar-refractivity contribution in [2.24, 2.45) is 5.92 Å². The summed E-state index contributed by atoms with van der Waals surface area (Å²) in [5, 5.41) is 11.4. The molecule has 0 spiro atoms. The Morgan fingerprint density at radius 2 is 1.85 bits per heavy atom. The molecular weight excluding hydrogens is 343 g/mol. The Labute approximate surface area is 157 Å². The summed E-state index contributed by atoms with van der Waals surface area (Å²) in [6, 6.07) is 14.8. The third-order valence-electron chi connectivity index (χ3n) is 5.39. The van der Waals surface area contributed by atoms with E-state index < -0.39 is 5.97 Å². The SMILES string of the molecule is O=C(O)C1CCN(C(c2cccc(F)c2)c2ccc3cnccc3c2)CC1. The minimum absolute atomic E-state index is 0.104. The van der Waals surface area contributed by atoms with Crippen LogP contribution in [0.1, 0.15) is 30.0 Å². The fourth-order valence-electron chi connectivity index (χ4n) is 3.97. The summed E-state index contributed by atoms with van der Waals surface area (Å²) in [7, 11) is 0. The first-order chi connectivity index (χ1) is 13.1. The number of piperidine rings is 1. The average molecular weight is 364 g/mol. The number of benzene rings is 2. The van der Waals surface area contributed by atoms with Crippen molar-refractivity contribution in [1.29, 1.82) is 0 Å². The van der Waals surface area contributed by atoms with Crippen molar-refractivity contribution in [3.05, 3.63) is 77.9 Å². The molecule has 4 nitrogen and oxygen atoms in total. The molecule has 1 fully saturated rings. The van der Waals surface area contributed by atoms with Crippen molar-refractivity contribution in [2.75, 3.05) is 13.1 Å². The second-order valence-corrected chi connectivity index (χ2v) is 7.09. The minimum Gasteiger partial charge on any atom is -0.481 e. The van der Waals surface area contributed by atoms with Gasteiger partial charge in [-0.2, -0.15) is 0 Å². The smallest absolute Gasteiger partial charge is 0.306 e. The Kier molecular flexibility index (Phi) is 4.86. The number of carboxylic acid groups (broad SMARTS) is 1. The van der Waals surface area contributed by atoms with Crippen molar-refractivity contribution < 1.29 is 14.3 Å². The molecule has 0 saturated carbocycles. The van der Waals surface area contributed by atoms with Gasteiger partial charge >= 0.3 is 5.97 Å². The van der Waals surface area contributed by atoms with Gasteiger partial charge in [0.25, 0.3) is 0 Å². The van der Waals surface area contributed by atoms with Crippen molar-refractivity contribution in [3.63, 3.8) is 0 Å². The molecule has 1 atom stereocenters. The summed E-state index contributed by atoms with van der Waals surface area (Å²) in [6.45, 7) is 1.35. The van der Waals surface area contributed by atoms with Crippen molar-refractivity contribution >= 4 is 16.7 Å². The number of fused-ring (bicyclic) bond motifs is 1. The van der Waals surface area contributed by atoms with Crippen LogP contribution in [0.3, 0.4) is 0 Å². The number of hydrogen-bond acceptors (Lipinski definition) is 3. The summed E-state index contributed by atoms with van der Waals surface area (Å²) >= 11 is 0. The standard InChI is InChI=1S/C22H21FN2O2/c23-20-3-1-2-17(13-20)21(25-10-7-15(8-11-25)22(26)27)18-4-5-19-14-24-9-6-16(19)12-18/h1-6,9,12-15,21H,7-8,10-11H2,(H,26,27). The number of carbonyl (C=O) groups is 1. The number of nitrogens with zero attached hydrogens (tertiary/aromatic N) is 2. The lowest BCUT2D eigenvalue weighted by atomic mass is 9.90. The fourth-order valence-corrected chi connectivity index (χ4v) is 3.97. The molecule has 4 rings (SSSR count). The van der Waals surface area contributed by atoms with E-state index in [9.17, 15) is 14.3 Å². The predicted molar refractivity (Wildman–Crippen MR) is 102 cm³/mol. The molecule has 2 heterocycles. The summed E-state index contributed by atoms with van der Waals surface area (Å²) < 4.78 is 13.9. The molecule has 3 aromatic rings. The highest BCUT2D eigenvalue weighted by molar-refractivity contribution is 5.82. The van der Waals surface area contributed by atoms with Crippen LogP contribution < -0.4 is 0 Å². The number of hydrogen-bond donors (Lipinski definition) is 1. The Balaban J connectivity index is 1.72. The molecule has 1 aliphatic heterocycles. The lowest BCUT2D eigenvalue weighted by Gasteiger charge is -2.37. The van der Waals surface area contributed by atoms with Crippen LogP contribution in [0, 0.1) is 11.7 Å². The van der Waals surface area contributed by atoms with E-state index in [4.69, 9.17) is 0 Å². The lowest BCUT2D eigenvalue weighted by molar-refractivity contribution is -0.143. The lowest BCUT2D eigenvalue weighted by Crippen LogP contribution is -2.39. The first-order valence-electron chi connectivity index (χ1n) is 9.18. The predicted octanol–water partition coefficient (Wildman–Crippen LogP) is 4.26. The second kappa shape index (κ2) is 7.45. The molecule has 1 aromatic heterocycles. The van der Waals surface area contributed by atoms with Gasteiger partial charge in [0.05, 0.1) is 12.0 Å². The molecule has 138 valence electrons. The van der Waals surface area contributed by atoms with E-state index in [0.29, 0.717) is 25.9 Å². The first kappa shape index (κ1) is 17.6. The van der Waals surface area contributed by atoms with Crippen LogP contribution in [-0.2, 0) is 4.79 Å². The molecular formula is C22H21FN2O2. The van der Waals surface area contributed by atoms with Gasteiger partial charge in [-0.3, -0.25) is 14.7 Å². The maximum atomic E-state index is 13.9. The third-order valence-corrected chi connectivity index (χ3v) is 5.39. The van der Waals surface area contributed by atoms with Gasteiger partial charge in [0.15, 0.2) is 0 Å². The number of aromatic nitrogens is 1. The number of rotatable bonds is 4. The van der Waals surface area contributed by atoms with Gasteiger partial charge in [-0.25, -0.2) is 4.39 Å². The number of pyridine rings is 1. The van der Waals surface area contributed by atoms with Crippen LogP contribution in [0.4, 0.5) is 4.39 Å². The Morgan fingerprint density at radius 1 is 1.07 bits per heavy atom. The molecule has 0 aliphatic carbocycles. The van der Waals surface area contributed by atoms with Gasteiger partial charge in [0.2, 0.25) is 0 Å². The summed E-state index contributed by atoms with van der Waals surface area (Å²) in [6.07, 6.45) is 4.81. The largest absolute Gasteiger partial charge is 0.481 e. The van der Waals surface area contributed by atoms with Crippen LogP contribution in [0.25, 0.3) is 10.8 Å². The zero-order chi connectivity index (χ0) is 18.8. The number of halogens is 1. The van der Waals surface area contributed by atoms with E-state index in [-0.39, 0.29) is 17.8 Å². The highest BCUT2D eigenvalue weighted by Crippen LogP contribution is 2.34. The first-order valence-corrected chi connectivity index (χ1v) is 9.18. The van der Waals surface area contributed by atoms with Gasteiger partial charge < -0.3 is 5.11 Å². The van der Waals surface area contributed by atoms with Gasteiger partial charge in [-0.1, -0.05) is 24.3 Å². The Morgan fingerprint density at radius 3 is 2.59 bits per heavy atom. The van der Waals surface area contributed by atoms with Crippen molar-refractivity contribution in [3.8, 4) is 0 Å². The van der Waals surface area contributed by atoms with E-state index in [2.05, 4.69) is 22.0 Å². The molecule has 1 aliphatic rings. The fraction of sp³-hybridized carbons (Fsp3) is 0.273. The van der Waals surface area contributed by atoms with Crippen LogP contribution in [0.5, 0.6) is 0 Å². The van der Waals surface area contributed by atoms with E-state index >= 15 is 0 Å². The van der Waals surface area contributed by atoms with Gasteiger partial charge in [-0.15, -0.1) is 0 Å². The van der Waals surface area contributed by atoms with Crippen molar-refractivity contribution in [1.82, 2.24) is 9.88 Å².